The van der Waals surface area contributed by atoms with Gasteiger partial charge in [0, 0.05) is 5.56 Å². The van der Waals surface area contributed by atoms with E-state index in [1.807, 2.05) is 5.43 Å². The Balaban J connectivity index is 0.000000400. The maximum atomic E-state index is 10.8. The number of nitrogens with zero attached hydrogens (tertiary/aromatic N) is 1. The number of carbonyl (C=O) groups is 2. The van der Waals surface area contributed by atoms with Crippen molar-refractivity contribution in [1.29, 1.82) is 0 Å². The Morgan fingerprint density at radius 3 is 2.10 bits per heavy atom. The first-order chi connectivity index (χ1) is 9.65. The van der Waals surface area contributed by atoms with E-state index in [0.717, 1.165) is 0 Å². The van der Waals surface area contributed by atoms with Gasteiger partial charge >= 0.3 is 17.1 Å². The van der Waals surface area contributed by atoms with Gasteiger partial charge in [0.2, 0.25) is 0 Å². The van der Waals surface area contributed by atoms with E-state index in [4.69, 9.17) is 10.6 Å². The van der Waals surface area contributed by atoms with E-state index in [-0.39, 0.29) is 5.56 Å². The molecule has 116 valence electrons. The van der Waals surface area contributed by atoms with Crippen LogP contribution in [0.4, 0.5) is 4.79 Å². The first kappa shape index (κ1) is 18.3. The largest absolute Gasteiger partial charge is 0.443 e. The molecule has 0 radical (unpaired) electrons. The van der Waals surface area contributed by atoms with Crippen molar-refractivity contribution in [2.75, 3.05) is 0 Å². The third-order valence-corrected chi connectivity index (χ3v) is 1.68. The number of rotatable bonds is 2. The third kappa shape index (κ3) is 9.85. The Morgan fingerprint density at radius 1 is 1.24 bits per heavy atom. The van der Waals surface area contributed by atoms with Gasteiger partial charge in [-0.2, -0.15) is 0 Å². The van der Waals surface area contributed by atoms with Crippen LogP contribution < -0.4 is 11.3 Å². The van der Waals surface area contributed by atoms with Crippen molar-refractivity contribution in [1.82, 2.24) is 5.43 Å². The molecule has 0 spiro atoms. The number of carbonyl (C=O) groups excluding carboxylic acids is 2. The Bertz CT molecular complexity index is 484. The lowest BCUT2D eigenvalue weighted by molar-refractivity contribution is -0.727. The Morgan fingerprint density at radius 2 is 1.76 bits per heavy atom. The van der Waals surface area contributed by atoms with E-state index in [1.54, 1.807) is 39.0 Å². The van der Waals surface area contributed by atoms with Crippen LogP contribution in [0.15, 0.2) is 30.3 Å². The zero-order valence-electron chi connectivity index (χ0n) is 11.9. The molecule has 1 rings (SSSR count). The van der Waals surface area contributed by atoms with Crippen LogP contribution in [0.2, 0.25) is 0 Å². The van der Waals surface area contributed by atoms with Crippen molar-refractivity contribution in [3.05, 3.63) is 46.0 Å². The van der Waals surface area contributed by atoms with E-state index in [0.29, 0.717) is 0 Å². The molecule has 0 fully saturated rings. The van der Waals surface area contributed by atoms with Crippen LogP contribution in [0.5, 0.6) is 0 Å². The molecule has 9 nitrogen and oxygen atoms in total. The molecular formula is C12H17N3O6. The summed E-state index contributed by atoms with van der Waals surface area (Å²) in [4.78, 5) is 34.6. The van der Waals surface area contributed by atoms with E-state index in [2.05, 4.69) is 4.84 Å². The molecule has 0 saturated carbocycles. The molecule has 9 heteroatoms. The molecule has 0 saturated heterocycles. The Kier molecular flexibility index (Phi) is 7.40. The topological polar surface area (TPSA) is 134 Å². The Hall–Kier alpha value is -2.68. The number of hydrazine groups is 1. The molecule has 3 N–H and O–H groups in total. The fraction of sp³-hybridized carbons (Fsp3) is 0.333. The van der Waals surface area contributed by atoms with Gasteiger partial charge in [0.15, 0.2) is 0 Å². The molecule has 0 aliphatic rings. The van der Waals surface area contributed by atoms with Crippen molar-refractivity contribution in [3.63, 3.8) is 0 Å². The lowest BCUT2D eigenvalue weighted by Gasteiger charge is -2.18. The molecule has 21 heavy (non-hydrogen) atoms. The number of nitrogens with two attached hydrogens (primary N) is 1. The highest BCUT2D eigenvalue weighted by molar-refractivity contribution is 5.88. The second-order valence-electron chi connectivity index (χ2n) is 4.61. The molecule has 0 aromatic heterocycles. The van der Waals surface area contributed by atoms with Crippen molar-refractivity contribution in [2.45, 2.75) is 26.4 Å². The smallest absolute Gasteiger partial charge is 0.421 e. The molecule has 1 amide bonds. The third-order valence-electron chi connectivity index (χ3n) is 1.68. The number of hydrogen-bond acceptors (Lipinski definition) is 7. The van der Waals surface area contributed by atoms with Crippen molar-refractivity contribution >= 4 is 12.1 Å². The minimum Gasteiger partial charge on any atom is -0.443 e. The van der Waals surface area contributed by atoms with Crippen LogP contribution in [0.25, 0.3) is 0 Å². The summed E-state index contributed by atoms with van der Waals surface area (Å²) < 4.78 is 4.71. The first-order valence-electron chi connectivity index (χ1n) is 5.77. The summed E-state index contributed by atoms with van der Waals surface area (Å²) in [6.07, 6.45) is -0.609. The second-order valence-corrected chi connectivity index (χ2v) is 4.61. The molecule has 0 atom stereocenters. The predicted molar refractivity (Wildman–Crippen MR) is 72.4 cm³/mol. The van der Waals surface area contributed by atoms with Gasteiger partial charge in [-0.3, -0.25) is 10.2 Å². The van der Waals surface area contributed by atoms with E-state index >= 15 is 0 Å². The fourth-order valence-electron chi connectivity index (χ4n) is 1.00. The summed E-state index contributed by atoms with van der Waals surface area (Å²) in [5, 5.41) is 8.62. The maximum Gasteiger partial charge on any atom is 0.421 e. The number of hydrogen-bond donors (Lipinski definition) is 2. The summed E-state index contributed by atoms with van der Waals surface area (Å²) in [6, 6.07) is 7.76. The van der Waals surface area contributed by atoms with E-state index in [9.17, 15) is 19.7 Å². The normalized spacial score (nSPS) is 9.71. The summed E-state index contributed by atoms with van der Waals surface area (Å²) in [7, 11) is 0. The summed E-state index contributed by atoms with van der Waals surface area (Å²) in [5.74, 6) is 3.80. The van der Waals surface area contributed by atoms with Gasteiger partial charge in [0.05, 0.1) is 0 Å². The Labute approximate surface area is 121 Å². The van der Waals surface area contributed by atoms with Gasteiger partial charge in [-0.05, 0) is 32.9 Å². The van der Waals surface area contributed by atoms with Gasteiger partial charge in [-0.25, -0.2) is 15.5 Å². The molecule has 0 unspecified atom stereocenters. The zero-order valence-corrected chi connectivity index (χ0v) is 11.9. The zero-order chi connectivity index (χ0) is 16.5. The molecule has 1 aromatic carbocycles. The second kappa shape index (κ2) is 8.48. The molecule has 1 aromatic rings. The lowest BCUT2D eigenvalue weighted by atomic mass is 10.2. The van der Waals surface area contributed by atoms with Crippen molar-refractivity contribution in [3.8, 4) is 0 Å². The first-order valence-corrected chi connectivity index (χ1v) is 5.77. The monoisotopic (exact) mass is 299 g/mol. The quantitative estimate of drug-likeness (QED) is 0.365. The van der Waals surface area contributed by atoms with E-state index in [1.165, 1.54) is 12.1 Å². The van der Waals surface area contributed by atoms with Gasteiger partial charge < -0.3 is 4.74 Å². The molecular weight excluding hydrogens is 282 g/mol. The van der Waals surface area contributed by atoms with Crippen LogP contribution in [-0.2, 0) is 9.57 Å². The van der Waals surface area contributed by atoms with E-state index < -0.39 is 22.8 Å². The highest BCUT2D eigenvalue weighted by atomic mass is 17.0. The van der Waals surface area contributed by atoms with Crippen molar-refractivity contribution < 1.29 is 24.3 Å². The minimum absolute atomic E-state index is 0.161. The lowest BCUT2D eigenvalue weighted by Crippen LogP contribution is -2.36. The van der Waals surface area contributed by atoms with Crippen LogP contribution >= 0.6 is 0 Å². The van der Waals surface area contributed by atoms with Crippen LogP contribution in [0.1, 0.15) is 31.1 Å². The summed E-state index contributed by atoms with van der Waals surface area (Å²) in [6.45, 7) is 5.30. The SMILES string of the molecule is CC(C)(C)OC(=O)NN.O=C(O[N+](=O)[O-])c1ccccc1. The maximum absolute atomic E-state index is 10.8. The predicted octanol–water partition coefficient (Wildman–Crippen LogP) is 1.42. The minimum atomic E-state index is -1.13. The summed E-state index contributed by atoms with van der Waals surface area (Å²) in [5.41, 5.74) is 1.55. The van der Waals surface area contributed by atoms with Crippen LogP contribution in [-0.4, -0.2) is 22.8 Å². The molecule has 0 bridgehead atoms. The standard InChI is InChI=1S/C7H5NO4.C5H12N2O2/c9-7(12-8(10)11)6-4-2-1-3-5-6;1-5(2,3)9-4(8)7-6/h1-5H;6H2,1-3H3,(H,7,8). The number of benzene rings is 1. The van der Waals surface area contributed by atoms with Crippen molar-refractivity contribution in [2.24, 2.45) is 5.84 Å². The fourth-order valence-corrected chi connectivity index (χ4v) is 1.00. The van der Waals surface area contributed by atoms with Crippen LogP contribution in [0.3, 0.4) is 0 Å². The van der Waals surface area contributed by atoms with Crippen LogP contribution in [0, 0.1) is 10.1 Å². The number of ether oxygens (including phenoxy) is 1. The highest BCUT2D eigenvalue weighted by Gasteiger charge is 2.14. The average Bonchev–Trinajstić information content (AvgIpc) is 2.37. The molecule has 0 heterocycles. The average molecular weight is 299 g/mol. The molecule has 0 aliphatic carbocycles. The number of nitrogens with one attached hydrogen (secondary N) is 1. The molecule has 0 aliphatic heterocycles. The van der Waals surface area contributed by atoms with Gasteiger partial charge in [-0.15, -0.1) is 10.1 Å². The number of amides is 1. The van der Waals surface area contributed by atoms with Gasteiger partial charge in [0.25, 0.3) is 0 Å². The summed E-state index contributed by atoms with van der Waals surface area (Å²) >= 11 is 0. The van der Waals surface area contributed by atoms with Gasteiger partial charge in [0.1, 0.15) is 5.60 Å². The highest BCUT2D eigenvalue weighted by Crippen LogP contribution is 2.05. The van der Waals surface area contributed by atoms with Gasteiger partial charge in [-0.1, -0.05) is 18.2 Å².